The first-order valence-corrected chi connectivity index (χ1v) is 7.50. The van der Waals surface area contributed by atoms with E-state index in [-0.39, 0.29) is 10.5 Å². The van der Waals surface area contributed by atoms with E-state index in [2.05, 4.69) is 0 Å². The van der Waals surface area contributed by atoms with E-state index in [1.54, 1.807) is 0 Å². The van der Waals surface area contributed by atoms with Gasteiger partial charge in [-0.2, -0.15) is 0 Å². The number of benzene rings is 1. The Morgan fingerprint density at radius 3 is 2.72 bits per heavy atom. The third kappa shape index (κ3) is 2.93. The molecule has 0 radical (unpaired) electrons. The Hall–Kier alpha value is -0.870. The molecule has 0 spiro atoms. The van der Waals surface area contributed by atoms with Gasteiger partial charge in [0.05, 0.1) is 5.75 Å². The van der Waals surface area contributed by atoms with Crippen molar-refractivity contribution in [3.8, 4) is 5.75 Å². The molecule has 18 heavy (non-hydrogen) atoms. The summed E-state index contributed by atoms with van der Waals surface area (Å²) in [6.07, 6.45) is 1.25. The van der Waals surface area contributed by atoms with Crippen molar-refractivity contribution in [2.24, 2.45) is 0 Å². The molecule has 100 valence electrons. The lowest BCUT2D eigenvalue weighted by atomic mass is 10.0. The van der Waals surface area contributed by atoms with Gasteiger partial charge in [-0.1, -0.05) is 18.2 Å². The lowest BCUT2D eigenvalue weighted by Crippen LogP contribution is -2.46. The number of rotatable bonds is 2. The van der Waals surface area contributed by atoms with Crippen molar-refractivity contribution < 1.29 is 14.1 Å². The van der Waals surface area contributed by atoms with E-state index in [9.17, 15) is 9.32 Å². The Balaban J connectivity index is 2.14. The maximum atomic E-state index is 12.1. The minimum Gasteiger partial charge on any atom is -0.461 e. The summed E-state index contributed by atoms with van der Waals surface area (Å²) in [5.41, 5.74) is 1.10. The van der Waals surface area contributed by atoms with Gasteiger partial charge in [-0.15, -0.1) is 0 Å². The van der Waals surface area contributed by atoms with Crippen LogP contribution >= 0.6 is 0 Å². The van der Waals surface area contributed by atoms with Crippen molar-refractivity contribution in [3.05, 3.63) is 29.8 Å². The van der Waals surface area contributed by atoms with Gasteiger partial charge in [0.2, 0.25) is 5.79 Å². The molecule has 1 aliphatic rings. The van der Waals surface area contributed by atoms with Crippen molar-refractivity contribution in [1.29, 1.82) is 0 Å². The van der Waals surface area contributed by atoms with Crippen LogP contribution < -0.4 is 4.74 Å². The lowest BCUT2D eigenvalue weighted by Gasteiger charge is -2.35. The van der Waals surface area contributed by atoms with E-state index in [1.807, 2.05) is 45.0 Å². The highest BCUT2D eigenvalue weighted by Gasteiger charge is 2.38. The Bertz CT molecular complexity index is 464. The summed E-state index contributed by atoms with van der Waals surface area (Å²) in [5, 5.41) is 10.4. The molecule has 3 nitrogen and oxygen atoms in total. The van der Waals surface area contributed by atoms with Crippen LogP contribution in [-0.4, -0.2) is 25.6 Å². The van der Waals surface area contributed by atoms with E-state index in [0.29, 0.717) is 12.2 Å². The van der Waals surface area contributed by atoms with Gasteiger partial charge in [0.25, 0.3) is 0 Å². The van der Waals surface area contributed by atoms with Crippen molar-refractivity contribution >= 4 is 10.8 Å². The van der Waals surface area contributed by atoms with Crippen LogP contribution in [0, 0.1) is 0 Å². The number of aliphatic hydroxyl groups is 1. The molecule has 2 unspecified atom stereocenters. The van der Waals surface area contributed by atoms with Crippen LogP contribution in [0.2, 0.25) is 0 Å². The zero-order valence-electron chi connectivity index (χ0n) is 11.1. The first-order valence-electron chi connectivity index (χ1n) is 6.18. The van der Waals surface area contributed by atoms with Crippen molar-refractivity contribution in [1.82, 2.24) is 0 Å². The molecule has 1 aliphatic heterocycles. The molecule has 0 amide bonds. The highest BCUT2D eigenvalue weighted by Crippen LogP contribution is 2.33. The van der Waals surface area contributed by atoms with Crippen LogP contribution in [0.25, 0.3) is 0 Å². The van der Waals surface area contributed by atoms with Crippen LogP contribution in [0.4, 0.5) is 0 Å². The molecule has 1 aromatic rings. The predicted molar refractivity (Wildman–Crippen MR) is 73.1 cm³/mol. The largest absolute Gasteiger partial charge is 0.461 e. The summed E-state index contributed by atoms with van der Waals surface area (Å²) >= 11 is 0. The van der Waals surface area contributed by atoms with E-state index < -0.39 is 16.6 Å². The zero-order valence-corrected chi connectivity index (χ0v) is 11.9. The quantitative estimate of drug-likeness (QED) is 0.895. The Morgan fingerprint density at radius 2 is 2.06 bits per heavy atom. The third-order valence-corrected chi connectivity index (χ3v) is 5.18. The molecule has 0 aliphatic carbocycles. The highest BCUT2D eigenvalue weighted by atomic mass is 32.2. The summed E-state index contributed by atoms with van der Waals surface area (Å²) in [7, 11) is -1.13. The summed E-state index contributed by atoms with van der Waals surface area (Å²) in [4.78, 5) is 0. The van der Waals surface area contributed by atoms with Crippen LogP contribution in [-0.2, 0) is 17.2 Å². The molecule has 1 aromatic carbocycles. The molecule has 0 saturated heterocycles. The fraction of sp³-hybridized carbons (Fsp3) is 0.571. The van der Waals surface area contributed by atoms with Crippen molar-refractivity contribution in [2.45, 2.75) is 44.1 Å². The Morgan fingerprint density at radius 1 is 1.39 bits per heavy atom. The van der Waals surface area contributed by atoms with Crippen LogP contribution in [0.3, 0.4) is 0 Å². The first kappa shape index (κ1) is 13.6. The van der Waals surface area contributed by atoms with Crippen LogP contribution in [0.1, 0.15) is 32.8 Å². The summed E-state index contributed by atoms with van der Waals surface area (Å²) in [6.45, 7) is 5.72. The van der Waals surface area contributed by atoms with Gasteiger partial charge in [-0.3, -0.25) is 4.21 Å². The van der Waals surface area contributed by atoms with E-state index >= 15 is 0 Å². The number of para-hydroxylation sites is 1. The molecule has 1 N–H and O–H groups in total. The standard InChI is InChI=1S/C14H20O3S/c1-13(2,3)18(16)10-14(15)9-8-11-6-4-5-7-12(11)17-14/h4-7,15H,8-10H2,1-3H3. The molecule has 0 aromatic heterocycles. The van der Waals surface area contributed by atoms with Gasteiger partial charge in [-0.05, 0) is 38.8 Å². The number of ether oxygens (including phenoxy) is 1. The third-order valence-electron chi connectivity index (χ3n) is 3.10. The summed E-state index contributed by atoms with van der Waals surface area (Å²) in [5.74, 6) is -0.436. The molecule has 0 fully saturated rings. The normalized spacial score (nSPS) is 25.1. The van der Waals surface area contributed by atoms with Gasteiger partial charge in [0, 0.05) is 22.0 Å². The monoisotopic (exact) mass is 268 g/mol. The average Bonchev–Trinajstić information content (AvgIpc) is 2.27. The smallest absolute Gasteiger partial charge is 0.220 e. The number of hydrogen-bond donors (Lipinski definition) is 1. The van der Waals surface area contributed by atoms with Gasteiger partial charge in [-0.25, -0.2) is 0 Å². The molecule has 2 atom stereocenters. The zero-order chi connectivity index (χ0) is 13.4. The Kier molecular flexibility index (Phi) is 3.52. The molecular weight excluding hydrogens is 248 g/mol. The molecular formula is C14H20O3S. The maximum absolute atomic E-state index is 12.1. The second kappa shape index (κ2) is 4.67. The molecule has 2 rings (SSSR count). The van der Waals surface area contributed by atoms with E-state index in [0.717, 1.165) is 12.0 Å². The fourth-order valence-corrected chi connectivity index (χ4v) is 2.96. The van der Waals surface area contributed by atoms with Gasteiger partial charge in [0.1, 0.15) is 5.75 Å². The highest BCUT2D eigenvalue weighted by molar-refractivity contribution is 7.86. The fourth-order valence-electron chi connectivity index (χ4n) is 1.92. The number of fused-ring (bicyclic) bond motifs is 1. The minimum absolute atomic E-state index is 0.158. The molecule has 1 heterocycles. The number of aryl methyl sites for hydroxylation is 1. The van der Waals surface area contributed by atoms with Gasteiger partial charge in [0.15, 0.2) is 0 Å². The summed E-state index contributed by atoms with van der Waals surface area (Å²) in [6, 6.07) is 7.68. The van der Waals surface area contributed by atoms with Crippen LogP contribution in [0.5, 0.6) is 5.75 Å². The number of hydrogen-bond acceptors (Lipinski definition) is 3. The predicted octanol–water partition coefficient (Wildman–Crippen LogP) is 2.25. The molecule has 0 saturated carbocycles. The average molecular weight is 268 g/mol. The minimum atomic E-state index is -1.30. The topological polar surface area (TPSA) is 46.5 Å². The molecule has 0 bridgehead atoms. The van der Waals surface area contributed by atoms with E-state index in [1.165, 1.54) is 0 Å². The summed E-state index contributed by atoms with van der Waals surface area (Å²) < 4.78 is 17.4. The second-order valence-corrected chi connectivity index (χ2v) is 7.96. The van der Waals surface area contributed by atoms with Gasteiger partial charge < -0.3 is 9.84 Å². The van der Waals surface area contributed by atoms with E-state index in [4.69, 9.17) is 4.74 Å². The van der Waals surface area contributed by atoms with Crippen molar-refractivity contribution in [3.63, 3.8) is 0 Å². The molecule has 4 heteroatoms. The Labute approximate surface area is 111 Å². The van der Waals surface area contributed by atoms with Crippen LogP contribution in [0.15, 0.2) is 24.3 Å². The second-order valence-electron chi connectivity index (χ2n) is 5.76. The maximum Gasteiger partial charge on any atom is 0.220 e. The van der Waals surface area contributed by atoms with Crippen molar-refractivity contribution in [2.75, 3.05) is 5.75 Å². The lowest BCUT2D eigenvalue weighted by molar-refractivity contribution is -0.130. The first-order chi connectivity index (χ1) is 8.30. The van der Waals surface area contributed by atoms with Gasteiger partial charge >= 0.3 is 0 Å². The SMILES string of the molecule is CC(C)(C)S(=O)CC1(O)CCc2ccccc2O1.